The van der Waals surface area contributed by atoms with Gasteiger partial charge in [-0.1, -0.05) is 26.0 Å². The molecule has 2 N–H and O–H groups in total. The Hall–Kier alpha value is -0.533. The summed E-state index contributed by atoms with van der Waals surface area (Å²) in [5, 5.41) is 7.96. The van der Waals surface area contributed by atoms with Crippen molar-refractivity contribution in [2.45, 2.75) is 51.9 Å². The molecule has 18 heavy (non-hydrogen) atoms. The van der Waals surface area contributed by atoms with E-state index in [1.165, 1.54) is 0 Å². The molecular weight excluding hydrogens is 264 g/mol. The maximum absolute atomic E-state index is 6.13. The quantitative estimate of drug-likeness (QED) is 0.866. The fourth-order valence-electron chi connectivity index (χ4n) is 1.13. The fourth-order valence-corrected chi connectivity index (χ4v) is 2.22. The van der Waals surface area contributed by atoms with E-state index in [4.69, 9.17) is 10.2 Å². The second kappa shape index (κ2) is 6.07. The van der Waals surface area contributed by atoms with Gasteiger partial charge >= 0.3 is 0 Å². The zero-order valence-corrected chi connectivity index (χ0v) is 14.2. The van der Waals surface area contributed by atoms with Crippen LogP contribution in [0.25, 0.3) is 0 Å². The van der Waals surface area contributed by atoms with E-state index in [-0.39, 0.29) is 24.6 Å². The maximum atomic E-state index is 6.13. The molecule has 7 heteroatoms. The van der Waals surface area contributed by atoms with Crippen LogP contribution < -0.4 is 5.73 Å². The summed E-state index contributed by atoms with van der Waals surface area (Å²) in [6.07, 6.45) is 1.74. The van der Waals surface area contributed by atoms with E-state index in [9.17, 15) is 0 Å². The Bertz CT molecular complexity index is 375. The zero-order valence-electron chi connectivity index (χ0n) is 12.2. The van der Waals surface area contributed by atoms with Gasteiger partial charge < -0.3 is 10.2 Å². The molecule has 0 amide bonds. The van der Waals surface area contributed by atoms with Crippen LogP contribution in [0.5, 0.6) is 0 Å². The number of nitrogens with two attached hydrogens (primary N) is 1. The predicted octanol–water partition coefficient (Wildman–Crippen LogP) is 2.56. The lowest BCUT2D eigenvalue weighted by molar-refractivity contribution is 0.228. The predicted molar refractivity (Wildman–Crippen MR) is 82.7 cm³/mol. The first-order chi connectivity index (χ1) is 7.63. The van der Waals surface area contributed by atoms with Crippen molar-refractivity contribution < 1.29 is 4.43 Å². The van der Waals surface area contributed by atoms with Crippen molar-refractivity contribution in [2.24, 2.45) is 0 Å². The molecule has 1 aromatic heterocycles. The van der Waals surface area contributed by atoms with Crippen molar-refractivity contribution >= 4 is 27.6 Å². The molecule has 0 fully saturated rings. The molecular formula is C11H26N4OSSi. The number of nitrogens with zero attached hydrogens (tertiary/aromatic N) is 3. The van der Waals surface area contributed by atoms with E-state index in [2.05, 4.69) is 51.1 Å². The van der Waals surface area contributed by atoms with Gasteiger partial charge in [-0.3, -0.25) is 0 Å². The lowest BCUT2D eigenvalue weighted by atomic mass is 10.2. The van der Waals surface area contributed by atoms with Crippen molar-refractivity contribution in [1.82, 2.24) is 15.0 Å². The van der Waals surface area contributed by atoms with Gasteiger partial charge in [0.05, 0.1) is 18.8 Å². The molecule has 0 saturated heterocycles. The van der Waals surface area contributed by atoms with Crippen molar-refractivity contribution in [3.8, 4) is 0 Å². The summed E-state index contributed by atoms with van der Waals surface area (Å²) in [6, 6.07) is 0.161. The van der Waals surface area contributed by atoms with E-state index in [1.807, 2.05) is 0 Å². The molecule has 0 bridgehead atoms. The molecule has 0 aromatic carbocycles. The second-order valence-electron chi connectivity index (χ2n) is 6.04. The summed E-state index contributed by atoms with van der Waals surface area (Å²) in [5.41, 5.74) is 5.54. The smallest absolute Gasteiger partial charge is 0.192 e. The molecule has 0 aliphatic carbocycles. The molecule has 0 spiro atoms. The zero-order chi connectivity index (χ0) is 13.3. The average molecular weight is 291 g/mol. The summed E-state index contributed by atoms with van der Waals surface area (Å²) in [5.74, 6) is 0.448. The Morgan fingerprint density at radius 1 is 1.44 bits per heavy atom. The van der Waals surface area contributed by atoms with Gasteiger partial charge in [-0.15, -0.1) is 5.10 Å². The molecule has 0 aliphatic rings. The van der Waals surface area contributed by atoms with Gasteiger partial charge in [0.2, 0.25) is 0 Å². The van der Waals surface area contributed by atoms with E-state index in [0.717, 1.165) is 0 Å². The van der Waals surface area contributed by atoms with Gasteiger partial charge in [0.15, 0.2) is 14.1 Å². The largest absolute Gasteiger partial charge is 0.415 e. The summed E-state index contributed by atoms with van der Waals surface area (Å²) >= 11 is 0. The standard InChI is InChI=1S/C11H24N4OSi.H2S/c1-9(15-7-10(12)13-14-15)8-16-17(5,6)11(2,3)4;/h7,9H,8,12H2,1-6H3;1H2/t9-;/m0./s1. The van der Waals surface area contributed by atoms with E-state index >= 15 is 0 Å². The summed E-state index contributed by atoms with van der Waals surface area (Å²) in [4.78, 5) is 0. The minimum Gasteiger partial charge on any atom is -0.415 e. The highest BCUT2D eigenvalue weighted by Crippen LogP contribution is 2.36. The Morgan fingerprint density at radius 3 is 2.39 bits per heavy atom. The molecule has 1 heterocycles. The highest BCUT2D eigenvalue weighted by molar-refractivity contribution is 7.59. The minimum absolute atomic E-state index is 0. The fraction of sp³-hybridized carbons (Fsp3) is 0.818. The Labute approximate surface area is 118 Å². The van der Waals surface area contributed by atoms with Crippen LogP contribution in [-0.2, 0) is 4.43 Å². The van der Waals surface area contributed by atoms with Crippen molar-refractivity contribution in [3.63, 3.8) is 0 Å². The molecule has 0 unspecified atom stereocenters. The van der Waals surface area contributed by atoms with E-state index < -0.39 is 8.32 Å². The second-order valence-corrected chi connectivity index (χ2v) is 10.9. The van der Waals surface area contributed by atoms with Gasteiger partial charge in [-0.2, -0.15) is 13.5 Å². The van der Waals surface area contributed by atoms with Gasteiger partial charge in [0.1, 0.15) is 0 Å². The van der Waals surface area contributed by atoms with Crippen LogP contribution in [0.4, 0.5) is 5.82 Å². The van der Waals surface area contributed by atoms with Crippen LogP contribution in [-0.4, -0.2) is 29.9 Å². The van der Waals surface area contributed by atoms with E-state index in [1.54, 1.807) is 10.9 Å². The monoisotopic (exact) mass is 290 g/mol. The number of aromatic nitrogens is 3. The minimum atomic E-state index is -1.69. The van der Waals surface area contributed by atoms with Crippen molar-refractivity contribution in [1.29, 1.82) is 0 Å². The van der Waals surface area contributed by atoms with Gasteiger partial charge in [-0.25, -0.2) is 4.68 Å². The molecule has 5 nitrogen and oxygen atoms in total. The molecule has 1 aromatic rings. The molecule has 106 valence electrons. The SMILES string of the molecule is C[C@@H](CO[Si](C)(C)C(C)(C)C)n1cc(N)nn1.S. The topological polar surface area (TPSA) is 66.0 Å². The van der Waals surface area contributed by atoms with E-state index in [0.29, 0.717) is 12.4 Å². The van der Waals surface area contributed by atoms with Crippen LogP contribution >= 0.6 is 13.5 Å². The number of anilines is 1. The lowest BCUT2D eigenvalue weighted by Gasteiger charge is -2.36. The average Bonchev–Trinajstić information content (AvgIpc) is 2.59. The first kappa shape index (κ1) is 17.5. The van der Waals surface area contributed by atoms with Crippen LogP contribution in [0.2, 0.25) is 18.1 Å². The Morgan fingerprint density at radius 2 is 2.00 bits per heavy atom. The summed E-state index contributed by atoms with van der Waals surface area (Å²) < 4.78 is 7.88. The molecule has 0 saturated carbocycles. The maximum Gasteiger partial charge on any atom is 0.192 e. The number of hydrogen-bond donors (Lipinski definition) is 1. The van der Waals surface area contributed by atoms with Crippen molar-refractivity contribution in [3.05, 3.63) is 6.20 Å². The van der Waals surface area contributed by atoms with Gasteiger partial charge in [0.25, 0.3) is 0 Å². The van der Waals surface area contributed by atoms with Gasteiger partial charge in [0, 0.05) is 0 Å². The number of hydrogen-bond acceptors (Lipinski definition) is 4. The summed E-state index contributed by atoms with van der Waals surface area (Å²) in [7, 11) is -1.69. The Kier molecular flexibility index (Phi) is 5.89. The van der Waals surface area contributed by atoms with Crippen molar-refractivity contribution in [2.75, 3.05) is 12.3 Å². The molecule has 0 radical (unpaired) electrons. The normalized spacial score (nSPS) is 14.1. The first-order valence-corrected chi connectivity index (χ1v) is 8.85. The third kappa shape index (κ3) is 4.29. The highest BCUT2D eigenvalue weighted by Gasteiger charge is 2.37. The number of rotatable bonds is 4. The third-order valence-corrected chi connectivity index (χ3v) is 7.97. The highest BCUT2D eigenvalue weighted by atomic mass is 32.1. The van der Waals surface area contributed by atoms with Crippen LogP contribution in [0.1, 0.15) is 33.7 Å². The summed E-state index contributed by atoms with van der Waals surface area (Å²) in [6.45, 7) is 13.9. The van der Waals surface area contributed by atoms with Crippen LogP contribution in [0.15, 0.2) is 6.20 Å². The van der Waals surface area contributed by atoms with Gasteiger partial charge in [-0.05, 0) is 25.1 Å². The number of nitrogen functional groups attached to an aromatic ring is 1. The first-order valence-electron chi connectivity index (χ1n) is 5.95. The molecule has 1 atom stereocenters. The Balaban J connectivity index is 0.00000289. The van der Waals surface area contributed by atoms with Crippen LogP contribution in [0.3, 0.4) is 0 Å². The lowest BCUT2D eigenvalue weighted by Crippen LogP contribution is -2.42. The van der Waals surface area contributed by atoms with Crippen LogP contribution in [0, 0.1) is 0 Å². The molecule has 0 aliphatic heterocycles. The third-order valence-electron chi connectivity index (χ3n) is 3.47. The molecule has 1 rings (SSSR count).